The Bertz CT molecular complexity index is 402. The van der Waals surface area contributed by atoms with Gasteiger partial charge < -0.3 is 9.84 Å². The van der Waals surface area contributed by atoms with Gasteiger partial charge in [0.1, 0.15) is 5.60 Å². The Morgan fingerprint density at radius 3 is 2.71 bits per heavy atom. The van der Waals surface area contributed by atoms with Crippen LogP contribution in [0.3, 0.4) is 0 Å². The first kappa shape index (κ1) is 9.20. The van der Waals surface area contributed by atoms with Crippen molar-refractivity contribution in [2.24, 2.45) is 0 Å². The third-order valence-corrected chi connectivity index (χ3v) is 2.48. The Morgan fingerprint density at radius 1 is 1.50 bits per heavy atom. The van der Waals surface area contributed by atoms with Gasteiger partial charge in [0.2, 0.25) is 0 Å². The van der Waals surface area contributed by atoms with E-state index in [-0.39, 0.29) is 13.2 Å². The highest BCUT2D eigenvalue weighted by Crippen LogP contribution is 2.31. The molecule has 2 rings (SSSR count). The summed E-state index contributed by atoms with van der Waals surface area (Å²) in [4.78, 5) is 0. The second-order valence-electron chi connectivity index (χ2n) is 3.69. The number of ether oxygens (including phenoxy) is 1. The quantitative estimate of drug-likeness (QED) is 0.719. The van der Waals surface area contributed by atoms with Crippen molar-refractivity contribution in [3.8, 4) is 6.07 Å². The predicted molar refractivity (Wildman–Crippen MR) is 50.6 cm³/mol. The van der Waals surface area contributed by atoms with E-state index in [0.29, 0.717) is 11.1 Å². The number of hydrogen-bond acceptors (Lipinski definition) is 3. The summed E-state index contributed by atoms with van der Waals surface area (Å²) in [5, 5.41) is 18.9. The Balaban J connectivity index is 2.48. The Hall–Kier alpha value is -1.37. The topological polar surface area (TPSA) is 53.2 Å². The first-order valence-corrected chi connectivity index (χ1v) is 4.47. The van der Waals surface area contributed by atoms with Gasteiger partial charge >= 0.3 is 0 Å². The molecule has 1 aromatic carbocycles. The van der Waals surface area contributed by atoms with Gasteiger partial charge in [-0.2, -0.15) is 5.26 Å². The van der Waals surface area contributed by atoms with E-state index in [9.17, 15) is 5.11 Å². The van der Waals surface area contributed by atoms with Gasteiger partial charge in [-0.25, -0.2) is 0 Å². The van der Waals surface area contributed by atoms with Gasteiger partial charge in [-0.05, 0) is 18.6 Å². The van der Waals surface area contributed by atoms with Crippen LogP contribution in [0.2, 0.25) is 0 Å². The standard InChI is InChI=1S/C11H11NO2/c1-8-2-3-10(9(4-8)5-12)11(13)6-14-7-11/h2-4,13H,6-7H2,1H3. The number of rotatable bonds is 1. The van der Waals surface area contributed by atoms with Gasteiger partial charge in [-0.1, -0.05) is 12.1 Å². The summed E-state index contributed by atoms with van der Waals surface area (Å²) < 4.78 is 4.96. The zero-order valence-corrected chi connectivity index (χ0v) is 7.95. The molecule has 0 unspecified atom stereocenters. The molecule has 3 nitrogen and oxygen atoms in total. The SMILES string of the molecule is Cc1ccc(C2(O)COC2)c(C#N)c1. The van der Waals surface area contributed by atoms with Gasteiger partial charge in [0, 0.05) is 5.56 Å². The third-order valence-electron chi connectivity index (χ3n) is 2.48. The number of hydrogen-bond donors (Lipinski definition) is 1. The van der Waals surface area contributed by atoms with E-state index in [4.69, 9.17) is 10.00 Å². The Labute approximate surface area is 82.6 Å². The van der Waals surface area contributed by atoms with Crippen molar-refractivity contribution in [1.82, 2.24) is 0 Å². The van der Waals surface area contributed by atoms with Crippen molar-refractivity contribution in [1.29, 1.82) is 5.26 Å². The molecule has 0 amide bonds. The number of aliphatic hydroxyl groups is 1. The molecule has 1 aromatic rings. The summed E-state index contributed by atoms with van der Waals surface area (Å²) in [6.07, 6.45) is 0. The first-order chi connectivity index (χ1) is 6.65. The lowest BCUT2D eigenvalue weighted by molar-refractivity contribution is -0.184. The molecule has 0 bridgehead atoms. The van der Waals surface area contributed by atoms with Gasteiger partial charge in [0.05, 0.1) is 24.8 Å². The lowest BCUT2D eigenvalue weighted by Crippen LogP contribution is -2.47. The minimum Gasteiger partial charge on any atom is -0.380 e. The molecule has 72 valence electrons. The van der Waals surface area contributed by atoms with E-state index >= 15 is 0 Å². The summed E-state index contributed by atoms with van der Waals surface area (Å²) >= 11 is 0. The fourth-order valence-electron chi connectivity index (χ4n) is 1.61. The highest BCUT2D eigenvalue weighted by molar-refractivity contribution is 5.44. The Kier molecular flexibility index (Phi) is 2.03. The number of nitriles is 1. The van der Waals surface area contributed by atoms with Crippen molar-refractivity contribution in [3.63, 3.8) is 0 Å². The van der Waals surface area contributed by atoms with Gasteiger partial charge in [-0.3, -0.25) is 0 Å². The maximum absolute atomic E-state index is 10.0. The van der Waals surface area contributed by atoms with Crippen molar-refractivity contribution in [2.45, 2.75) is 12.5 Å². The van der Waals surface area contributed by atoms with Crippen LogP contribution in [-0.4, -0.2) is 18.3 Å². The van der Waals surface area contributed by atoms with Crippen LogP contribution in [0.1, 0.15) is 16.7 Å². The largest absolute Gasteiger partial charge is 0.380 e. The molecule has 0 aromatic heterocycles. The van der Waals surface area contributed by atoms with Crippen LogP contribution in [0, 0.1) is 18.3 Å². The summed E-state index contributed by atoms with van der Waals surface area (Å²) in [5.41, 5.74) is 1.29. The van der Waals surface area contributed by atoms with Crippen LogP contribution in [0.25, 0.3) is 0 Å². The van der Waals surface area contributed by atoms with E-state index in [2.05, 4.69) is 6.07 Å². The lowest BCUT2D eigenvalue weighted by atomic mass is 9.88. The second kappa shape index (κ2) is 3.09. The molecule has 1 aliphatic rings. The molecule has 3 heteroatoms. The molecular formula is C11H11NO2. The van der Waals surface area contributed by atoms with Crippen LogP contribution in [0.5, 0.6) is 0 Å². The molecule has 0 saturated carbocycles. The van der Waals surface area contributed by atoms with Crippen LogP contribution in [-0.2, 0) is 10.3 Å². The zero-order chi connectivity index (χ0) is 10.2. The van der Waals surface area contributed by atoms with E-state index < -0.39 is 5.60 Å². The van der Waals surface area contributed by atoms with Crippen LogP contribution >= 0.6 is 0 Å². The molecule has 1 fully saturated rings. The van der Waals surface area contributed by atoms with Crippen LogP contribution in [0.4, 0.5) is 0 Å². The average molecular weight is 189 g/mol. The van der Waals surface area contributed by atoms with Gasteiger partial charge in [0.15, 0.2) is 0 Å². The number of benzene rings is 1. The molecule has 0 atom stereocenters. The second-order valence-corrected chi connectivity index (χ2v) is 3.69. The van der Waals surface area contributed by atoms with Crippen molar-refractivity contribution in [3.05, 3.63) is 34.9 Å². The van der Waals surface area contributed by atoms with Crippen molar-refractivity contribution >= 4 is 0 Å². The lowest BCUT2D eigenvalue weighted by Gasteiger charge is -2.37. The minimum atomic E-state index is -0.946. The van der Waals surface area contributed by atoms with E-state index in [1.54, 1.807) is 12.1 Å². The summed E-state index contributed by atoms with van der Waals surface area (Å²) in [6.45, 7) is 2.49. The molecule has 1 aliphatic heterocycles. The molecule has 0 spiro atoms. The first-order valence-electron chi connectivity index (χ1n) is 4.47. The Morgan fingerprint density at radius 2 is 2.21 bits per heavy atom. The highest BCUT2D eigenvalue weighted by Gasteiger charge is 2.39. The maximum atomic E-state index is 10.0. The normalized spacial score (nSPS) is 18.4. The fraction of sp³-hybridized carbons (Fsp3) is 0.364. The molecule has 1 N–H and O–H groups in total. The minimum absolute atomic E-state index is 0.282. The third kappa shape index (κ3) is 1.29. The summed E-state index contributed by atoms with van der Waals surface area (Å²) in [7, 11) is 0. The molecule has 0 radical (unpaired) electrons. The van der Waals surface area contributed by atoms with E-state index in [0.717, 1.165) is 5.56 Å². The monoisotopic (exact) mass is 189 g/mol. The zero-order valence-electron chi connectivity index (χ0n) is 7.95. The van der Waals surface area contributed by atoms with E-state index in [1.165, 1.54) is 0 Å². The molecule has 1 heterocycles. The summed E-state index contributed by atoms with van der Waals surface area (Å²) in [5.74, 6) is 0. The molecule has 14 heavy (non-hydrogen) atoms. The molecule has 1 saturated heterocycles. The van der Waals surface area contributed by atoms with Crippen LogP contribution < -0.4 is 0 Å². The average Bonchev–Trinajstić information content (AvgIpc) is 2.14. The van der Waals surface area contributed by atoms with Gasteiger partial charge in [-0.15, -0.1) is 0 Å². The smallest absolute Gasteiger partial charge is 0.137 e. The number of nitrogens with zero attached hydrogens (tertiary/aromatic N) is 1. The van der Waals surface area contributed by atoms with Crippen molar-refractivity contribution in [2.75, 3.05) is 13.2 Å². The summed E-state index contributed by atoms with van der Waals surface area (Å²) in [6, 6.07) is 7.58. The van der Waals surface area contributed by atoms with Gasteiger partial charge in [0.25, 0.3) is 0 Å². The molecule has 0 aliphatic carbocycles. The van der Waals surface area contributed by atoms with Crippen molar-refractivity contribution < 1.29 is 9.84 Å². The number of aryl methyl sites for hydroxylation is 1. The highest BCUT2D eigenvalue weighted by atomic mass is 16.5. The van der Waals surface area contributed by atoms with E-state index in [1.807, 2.05) is 13.0 Å². The predicted octanol–water partition coefficient (Wildman–Crippen LogP) is 1.08. The van der Waals surface area contributed by atoms with Crippen LogP contribution in [0.15, 0.2) is 18.2 Å². The molecular weight excluding hydrogens is 178 g/mol. The fourth-order valence-corrected chi connectivity index (χ4v) is 1.61. The maximum Gasteiger partial charge on any atom is 0.137 e.